The average molecular weight is 768 g/mol. The number of hydrogen-bond acceptors (Lipinski definition) is 1. The van der Waals surface area contributed by atoms with Gasteiger partial charge in [-0.2, -0.15) is 5.26 Å². The molecule has 15 rings (SSSR count). The molecule has 0 aliphatic heterocycles. The summed E-state index contributed by atoms with van der Waals surface area (Å²) in [5.74, 6) is 0. The highest BCUT2D eigenvalue weighted by Crippen LogP contribution is 2.68. The molecular formula is C58H29N3. The number of fused-ring (bicyclic) bond motifs is 28. The van der Waals surface area contributed by atoms with Crippen LogP contribution in [0.5, 0.6) is 0 Å². The lowest BCUT2D eigenvalue weighted by atomic mass is 9.69. The smallest absolute Gasteiger partial charge is 0.194 e. The highest BCUT2D eigenvalue weighted by molar-refractivity contribution is 6.30. The van der Waals surface area contributed by atoms with Gasteiger partial charge in [0.05, 0.1) is 40.1 Å². The van der Waals surface area contributed by atoms with E-state index in [0.717, 1.165) is 60.3 Å². The Balaban J connectivity index is 1.14. The molecule has 0 fully saturated rings. The van der Waals surface area contributed by atoms with Crippen molar-refractivity contribution in [2.24, 2.45) is 0 Å². The summed E-state index contributed by atoms with van der Waals surface area (Å²) >= 11 is 0. The Kier molecular flexibility index (Phi) is 5.45. The Morgan fingerprint density at radius 2 is 0.820 bits per heavy atom. The second kappa shape index (κ2) is 10.5. The van der Waals surface area contributed by atoms with Crippen LogP contribution in [0.2, 0.25) is 0 Å². The Morgan fingerprint density at radius 3 is 1.26 bits per heavy atom. The van der Waals surface area contributed by atoms with E-state index in [1.807, 2.05) is 0 Å². The van der Waals surface area contributed by atoms with Gasteiger partial charge in [0.1, 0.15) is 0 Å². The molecule has 4 aliphatic carbocycles. The van der Waals surface area contributed by atoms with E-state index in [-0.39, 0.29) is 0 Å². The van der Waals surface area contributed by atoms with Crippen molar-refractivity contribution in [3.63, 3.8) is 0 Å². The van der Waals surface area contributed by atoms with Crippen LogP contribution < -0.4 is 0 Å². The van der Waals surface area contributed by atoms with Crippen LogP contribution in [0.4, 0.5) is 5.69 Å². The first-order valence-electron chi connectivity index (χ1n) is 21.0. The standard InChI is InChI=1S/C58H29N3/c1-60-47-30-49-51(53-38-20-7-13-28-46(38)58(55(47)53)43-25-10-4-17-35(43)36-18-5-11-26-44(36)58)40-22-14-21-39-50-48(61(49)56(39)40)29-32(31-59)54-52(50)37-19-6-12-27-45(37)57(54)41-23-8-2-15-33(41)34-16-3-9-24-42(34)57/h2-30H. The highest BCUT2D eigenvalue weighted by Gasteiger charge is 2.55. The maximum atomic E-state index is 11.4. The van der Waals surface area contributed by atoms with Gasteiger partial charge in [0.15, 0.2) is 5.69 Å². The molecule has 0 N–H and O–H groups in total. The van der Waals surface area contributed by atoms with Crippen molar-refractivity contribution in [2.45, 2.75) is 10.8 Å². The van der Waals surface area contributed by atoms with Crippen LogP contribution in [0.3, 0.4) is 0 Å². The summed E-state index contributed by atoms with van der Waals surface area (Å²) in [5, 5.41) is 16.1. The minimum Gasteiger partial charge on any atom is -0.309 e. The maximum Gasteiger partial charge on any atom is 0.194 e. The van der Waals surface area contributed by atoms with Crippen LogP contribution in [0.25, 0.3) is 87.4 Å². The third-order valence-electron chi connectivity index (χ3n) is 15.0. The van der Waals surface area contributed by atoms with Gasteiger partial charge in [-0.3, -0.25) is 0 Å². The fourth-order valence-electron chi connectivity index (χ4n) is 13.2. The van der Waals surface area contributed by atoms with Crippen molar-refractivity contribution in [3.05, 3.63) is 237 Å². The number of nitrogens with zero attached hydrogens (tertiary/aromatic N) is 3. The van der Waals surface area contributed by atoms with Crippen molar-refractivity contribution in [1.82, 2.24) is 4.40 Å². The molecule has 0 atom stereocenters. The number of rotatable bonds is 0. The maximum absolute atomic E-state index is 11.4. The zero-order chi connectivity index (χ0) is 39.9. The second-order valence-corrected chi connectivity index (χ2v) is 17.1. The Labute approximate surface area is 350 Å². The Bertz CT molecular complexity index is 3630. The number of benzene rings is 9. The van der Waals surface area contributed by atoms with Crippen LogP contribution in [0, 0.1) is 17.9 Å². The largest absolute Gasteiger partial charge is 0.309 e. The molecule has 9 aromatic carbocycles. The molecule has 0 radical (unpaired) electrons. The van der Waals surface area contributed by atoms with E-state index in [1.165, 1.54) is 66.8 Å². The number of nitriles is 1. The van der Waals surface area contributed by atoms with Crippen LogP contribution in [0.1, 0.15) is 50.1 Å². The highest BCUT2D eigenvalue weighted by atomic mass is 14.9. The summed E-state index contributed by atoms with van der Waals surface area (Å²) in [6.45, 7) is 8.96. The third kappa shape index (κ3) is 3.21. The lowest BCUT2D eigenvalue weighted by Gasteiger charge is -2.31. The summed E-state index contributed by atoms with van der Waals surface area (Å²) in [4.78, 5) is 4.46. The lowest BCUT2D eigenvalue weighted by Crippen LogP contribution is -2.27. The molecule has 0 saturated carbocycles. The van der Waals surface area contributed by atoms with E-state index in [4.69, 9.17) is 6.57 Å². The minimum absolute atomic E-state index is 0.637. The van der Waals surface area contributed by atoms with Crippen LogP contribution in [-0.4, -0.2) is 4.40 Å². The first-order valence-corrected chi connectivity index (χ1v) is 21.0. The molecule has 276 valence electrons. The number of hydrogen-bond donors (Lipinski definition) is 0. The zero-order valence-corrected chi connectivity index (χ0v) is 32.6. The third-order valence-corrected chi connectivity index (χ3v) is 15.0. The van der Waals surface area contributed by atoms with E-state index in [1.54, 1.807) is 0 Å². The minimum atomic E-state index is -0.642. The normalized spacial score (nSPS) is 14.8. The quantitative estimate of drug-likeness (QED) is 0.141. The van der Waals surface area contributed by atoms with Gasteiger partial charge >= 0.3 is 0 Å². The van der Waals surface area contributed by atoms with Crippen LogP contribution >= 0.6 is 0 Å². The molecule has 3 nitrogen and oxygen atoms in total. The molecule has 0 unspecified atom stereocenters. The molecule has 0 bridgehead atoms. The summed E-state index contributed by atoms with van der Waals surface area (Å²) < 4.78 is 2.39. The Hall–Kier alpha value is -8.24. The van der Waals surface area contributed by atoms with E-state index in [0.29, 0.717) is 11.3 Å². The molecule has 2 heterocycles. The van der Waals surface area contributed by atoms with E-state index >= 15 is 0 Å². The van der Waals surface area contributed by atoms with Crippen molar-refractivity contribution >= 4 is 43.8 Å². The first kappa shape index (κ1) is 31.7. The number of aromatic nitrogens is 1. The summed E-state index contributed by atoms with van der Waals surface area (Å²) in [6.07, 6.45) is 0. The molecule has 2 aromatic heterocycles. The van der Waals surface area contributed by atoms with Gasteiger partial charge in [0.25, 0.3) is 0 Å². The van der Waals surface area contributed by atoms with Gasteiger partial charge in [0, 0.05) is 27.1 Å². The molecule has 61 heavy (non-hydrogen) atoms. The molecule has 2 spiro atoms. The van der Waals surface area contributed by atoms with Gasteiger partial charge < -0.3 is 4.40 Å². The second-order valence-electron chi connectivity index (χ2n) is 17.1. The van der Waals surface area contributed by atoms with Crippen molar-refractivity contribution in [3.8, 4) is 50.6 Å². The van der Waals surface area contributed by atoms with E-state index < -0.39 is 10.8 Å². The summed E-state index contributed by atoms with van der Waals surface area (Å²) in [6, 6.07) is 66.7. The zero-order valence-electron chi connectivity index (χ0n) is 32.6. The van der Waals surface area contributed by atoms with E-state index in [2.05, 4.69) is 191 Å². The van der Waals surface area contributed by atoms with Crippen LogP contribution in [0.15, 0.2) is 176 Å². The molecule has 3 heteroatoms. The predicted octanol–water partition coefficient (Wildman–Crippen LogP) is 13.9. The monoisotopic (exact) mass is 767 g/mol. The first-order chi connectivity index (χ1) is 30.2. The topological polar surface area (TPSA) is 32.6 Å². The van der Waals surface area contributed by atoms with Crippen molar-refractivity contribution in [2.75, 3.05) is 0 Å². The molecule has 0 saturated heterocycles. The SMILES string of the molecule is [C-]#[N+]c1cc2c(c3c1C1(c4ccccc4-c4ccccc41)c1ccccc1-3)c1cccc3c4c5c(c(C#N)cc4n2c31)C1(c2ccccc2-c2ccccc21)c1ccccc1-5. The number of para-hydroxylation sites is 1. The van der Waals surface area contributed by atoms with Gasteiger partial charge in [-0.05, 0) is 101 Å². The van der Waals surface area contributed by atoms with Gasteiger partial charge in [-0.1, -0.05) is 164 Å². The fourth-order valence-corrected chi connectivity index (χ4v) is 13.2. The predicted molar refractivity (Wildman–Crippen MR) is 245 cm³/mol. The van der Waals surface area contributed by atoms with Crippen molar-refractivity contribution in [1.29, 1.82) is 5.26 Å². The van der Waals surface area contributed by atoms with Crippen molar-refractivity contribution < 1.29 is 0 Å². The summed E-state index contributed by atoms with van der Waals surface area (Å²) in [5.41, 5.74) is 22.1. The molecular weight excluding hydrogens is 739 g/mol. The van der Waals surface area contributed by atoms with Gasteiger partial charge in [0.2, 0.25) is 0 Å². The molecule has 0 amide bonds. The van der Waals surface area contributed by atoms with Gasteiger partial charge in [-0.25, -0.2) is 4.85 Å². The Morgan fingerprint density at radius 1 is 0.443 bits per heavy atom. The van der Waals surface area contributed by atoms with Gasteiger partial charge in [-0.15, -0.1) is 0 Å². The fraction of sp³-hybridized carbons (Fsp3) is 0.0345. The molecule has 4 aliphatic rings. The average Bonchev–Trinajstić information content (AvgIpc) is 4.14. The molecule has 11 aromatic rings. The summed E-state index contributed by atoms with van der Waals surface area (Å²) in [7, 11) is 0. The lowest BCUT2D eigenvalue weighted by molar-refractivity contribution is 0.791. The van der Waals surface area contributed by atoms with E-state index in [9.17, 15) is 5.26 Å². The van der Waals surface area contributed by atoms with Crippen LogP contribution in [-0.2, 0) is 10.8 Å².